The van der Waals surface area contributed by atoms with Crippen LogP contribution in [0, 0.1) is 0 Å². The first kappa shape index (κ1) is 13.0. The molecule has 0 amide bonds. The van der Waals surface area contributed by atoms with E-state index in [9.17, 15) is 0 Å². The molecule has 16 heavy (non-hydrogen) atoms. The SMILES string of the molecule is CC.CC(C)c1ccc2c(n1)N(C)CCC2. The van der Waals surface area contributed by atoms with Gasteiger partial charge in [0.05, 0.1) is 0 Å². The molecule has 0 atom stereocenters. The van der Waals surface area contributed by atoms with Gasteiger partial charge in [-0.15, -0.1) is 0 Å². The smallest absolute Gasteiger partial charge is 0.131 e. The minimum absolute atomic E-state index is 0.524. The van der Waals surface area contributed by atoms with E-state index < -0.39 is 0 Å². The van der Waals surface area contributed by atoms with Gasteiger partial charge in [-0.25, -0.2) is 4.98 Å². The van der Waals surface area contributed by atoms with Gasteiger partial charge in [0.2, 0.25) is 0 Å². The second kappa shape index (κ2) is 5.88. The lowest BCUT2D eigenvalue weighted by Gasteiger charge is -2.26. The second-order valence-electron chi connectivity index (χ2n) is 4.40. The fraction of sp³-hybridized carbons (Fsp3) is 0.643. The average Bonchev–Trinajstić information content (AvgIpc) is 2.32. The number of nitrogens with zero attached hydrogens (tertiary/aromatic N) is 2. The van der Waals surface area contributed by atoms with Crippen molar-refractivity contribution in [3.8, 4) is 0 Å². The Balaban J connectivity index is 0.000000606. The van der Waals surface area contributed by atoms with Crippen LogP contribution in [0.5, 0.6) is 0 Å². The highest BCUT2D eigenvalue weighted by Crippen LogP contribution is 2.25. The van der Waals surface area contributed by atoms with Gasteiger partial charge in [0.1, 0.15) is 5.82 Å². The number of aromatic nitrogens is 1. The minimum Gasteiger partial charge on any atom is -0.359 e. The molecule has 1 aliphatic rings. The minimum atomic E-state index is 0.524. The summed E-state index contributed by atoms with van der Waals surface area (Å²) in [5.74, 6) is 1.72. The van der Waals surface area contributed by atoms with E-state index in [4.69, 9.17) is 4.98 Å². The van der Waals surface area contributed by atoms with Gasteiger partial charge in [0.15, 0.2) is 0 Å². The predicted octanol–water partition coefficient (Wildman–Crippen LogP) is 3.61. The molecule has 0 N–H and O–H groups in total. The fourth-order valence-electron chi connectivity index (χ4n) is 1.95. The first-order valence-corrected chi connectivity index (χ1v) is 6.39. The van der Waals surface area contributed by atoms with E-state index in [2.05, 4.69) is 37.9 Å². The molecule has 2 rings (SSSR count). The van der Waals surface area contributed by atoms with Crippen LogP contribution in [0.15, 0.2) is 12.1 Å². The summed E-state index contributed by atoms with van der Waals surface area (Å²) in [7, 11) is 2.13. The summed E-state index contributed by atoms with van der Waals surface area (Å²) in [4.78, 5) is 6.99. The van der Waals surface area contributed by atoms with Crippen molar-refractivity contribution >= 4 is 5.82 Å². The van der Waals surface area contributed by atoms with E-state index in [1.54, 1.807) is 0 Å². The molecular weight excluding hydrogens is 196 g/mol. The topological polar surface area (TPSA) is 16.1 Å². The number of hydrogen-bond acceptors (Lipinski definition) is 2. The highest BCUT2D eigenvalue weighted by molar-refractivity contribution is 5.49. The Bertz CT molecular complexity index is 332. The molecule has 0 saturated heterocycles. The molecule has 0 saturated carbocycles. The standard InChI is InChI=1S/C12H18N2.C2H6/c1-9(2)11-7-6-10-5-4-8-14(3)12(10)13-11;1-2/h6-7,9H,4-5,8H2,1-3H3;1-2H3. The molecular formula is C14H24N2. The number of rotatable bonds is 1. The quantitative estimate of drug-likeness (QED) is 0.718. The van der Waals surface area contributed by atoms with Crippen LogP contribution in [0.1, 0.15) is 51.3 Å². The molecule has 0 unspecified atom stereocenters. The van der Waals surface area contributed by atoms with Crippen molar-refractivity contribution < 1.29 is 0 Å². The second-order valence-corrected chi connectivity index (χ2v) is 4.40. The van der Waals surface area contributed by atoms with Crippen molar-refractivity contribution in [2.24, 2.45) is 0 Å². The Hall–Kier alpha value is -1.05. The highest BCUT2D eigenvalue weighted by Gasteiger charge is 2.15. The van der Waals surface area contributed by atoms with E-state index in [0.29, 0.717) is 5.92 Å². The maximum atomic E-state index is 4.72. The van der Waals surface area contributed by atoms with Crippen LogP contribution >= 0.6 is 0 Å². The van der Waals surface area contributed by atoms with Gasteiger partial charge in [-0.05, 0) is 30.4 Å². The molecule has 1 aromatic rings. The van der Waals surface area contributed by atoms with Gasteiger partial charge in [-0.1, -0.05) is 33.8 Å². The normalized spacial score (nSPS) is 14.2. The number of aryl methyl sites for hydroxylation is 1. The van der Waals surface area contributed by atoms with Crippen LogP contribution in [0.3, 0.4) is 0 Å². The third-order valence-electron chi connectivity index (χ3n) is 2.87. The van der Waals surface area contributed by atoms with Gasteiger partial charge >= 0.3 is 0 Å². The summed E-state index contributed by atoms with van der Waals surface area (Å²) >= 11 is 0. The zero-order chi connectivity index (χ0) is 12.1. The van der Waals surface area contributed by atoms with Crippen LogP contribution in [0.2, 0.25) is 0 Å². The molecule has 1 aromatic heterocycles. The number of anilines is 1. The third-order valence-corrected chi connectivity index (χ3v) is 2.87. The first-order chi connectivity index (χ1) is 7.68. The Morgan fingerprint density at radius 1 is 1.25 bits per heavy atom. The van der Waals surface area contributed by atoms with E-state index in [-0.39, 0.29) is 0 Å². The molecule has 1 aliphatic heterocycles. The number of pyridine rings is 1. The van der Waals surface area contributed by atoms with Crippen molar-refractivity contribution in [3.05, 3.63) is 23.4 Å². The van der Waals surface area contributed by atoms with E-state index in [1.165, 1.54) is 29.9 Å². The molecule has 0 radical (unpaired) electrons. The molecule has 2 heteroatoms. The van der Waals surface area contributed by atoms with Crippen molar-refractivity contribution in [3.63, 3.8) is 0 Å². The van der Waals surface area contributed by atoms with Crippen LogP contribution in [-0.2, 0) is 6.42 Å². The van der Waals surface area contributed by atoms with E-state index >= 15 is 0 Å². The summed E-state index contributed by atoms with van der Waals surface area (Å²) < 4.78 is 0. The number of hydrogen-bond donors (Lipinski definition) is 0. The van der Waals surface area contributed by atoms with Crippen molar-refractivity contribution in [2.75, 3.05) is 18.5 Å². The molecule has 0 aromatic carbocycles. The van der Waals surface area contributed by atoms with Crippen molar-refractivity contribution in [1.29, 1.82) is 0 Å². The Morgan fingerprint density at radius 2 is 1.94 bits per heavy atom. The largest absolute Gasteiger partial charge is 0.359 e. The molecule has 90 valence electrons. The predicted molar refractivity (Wildman–Crippen MR) is 71.3 cm³/mol. The molecule has 2 heterocycles. The Kier molecular flexibility index (Phi) is 4.78. The van der Waals surface area contributed by atoms with Crippen LogP contribution in [0.4, 0.5) is 5.82 Å². The summed E-state index contributed by atoms with van der Waals surface area (Å²) in [6.07, 6.45) is 2.44. The molecule has 0 fully saturated rings. The van der Waals surface area contributed by atoms with Crippen LogP contribution < -0.4 is 4.90 Å². The van der Waals surface area contributed by atoms with E-state index in [0.717, 1.165) is 6.54 Å². The van der Waals surface area contributed by atoms with Gasteiger partial charge in [-0.3, -0.25) is 0 Å². The lowest BCUT2D eigenvalue weighted by molar-refractivity contribution is 0.716. The van der Waals surface area contributed by atoms with Crippen molar-refractivity contribution in [2.45, 2.75) is 46.5 Å². The van der Waals surface area contributed by atoms with E-state index in [1.807, 2.05) is 13.8 Å². The van der Waals surface area contributed by atoms with Crippen LogP contribution in [-0.4, -0.2) is 18.6 Å². The Labute approximate surface area is 99.7 Å². The monoisotopic (exact) mass is 220 g/mol. The van der Waals surface area contributed by atoms with Crippen molar-refractivity contribution in [1.82, 2.24) is 4.98 Å². The maximum Gasteiger partial charge on any atom is 0.131 e. The van der Waals surface area contributed by atoms with Gasteiger partial charge in [-0.2, -0.15) is 0 Å². The fourth-order valence-corrected chi connectivity index (χ4v) is 1.95. The summed E-state index contributed by atoms with van der Waals surface area (Å²) in [6, 6.07) is 4.41. The average molecular weight is 220 g/mol. The first-order valence-electron chi connectivity index (χ1n) is 6.39. The zero-order valence-electron chi connectivity index (χ0n) is 11.2. The third kappa shape index (κ3) is 2.75. The van der Waals surface area contributed by atoms with Gasteiger partial charge in [0, 0.05) is 19.3 Å². The van der Waals surface area contributed by atoms with Gasteiger partial charge < -0.3 is 4.90 Å². The highest BCUT2D eigenvalue weighted by atomic mass is 15.2. The lowest BCUT2D eigenvalue weighted by Crippen LogP contribution is -2.26. The summed E-state index contributed by atoms with van der Waals surface area (Å²) in [5.41, 5.74) is 2.61. The zero-order valence-corrected chi connectivity index (χ0v) is 11.2. The Morgan fingerprint density at radius 3 is 2.56 bits per heavy atom. The number of fused-ring (bicyclic) bond motifs is 1. The molecule has 0 spiro atoms. The lowest BCUT2D eigenvalue weighted by atomic mass is 10.0. The maximum absolute atomic E-state index is 4.72. The van der Waals surface area contributed by atoms with Gasteiger partial charge in [0.25, 0.3) is 0 Å². The molecule has 0 aliphatic carbocycles. The molecule has 0 bridgehead atoms. The summed E-state index contributed by atoms with van der Waals surface area (Å²) in [6.45, 7) is 9.52. The molecule has 2 nitrogen and oxygen atoms in total. The van der Waals surface area contributed by atoms with Crippen LogP contribution in [0.25, 0.3) is 0 Å². The summed E-state index contributed by atoms with van der Waals surface area (Å²) in [5, 5.41) is 0.